The molecular formula is C11H17N5O3. The number of aromatic amines is 1. The Morgan fingerprint density at radius 1 is 1.42 bits per heavy atom. The lowest BCUT2D eigenvalue weighted by atomic mass is 10.1. The normalized spacial score (nSPS) is 16.2. The van der Waals surface area contributed by atoms with Crippen LogP contribution in [0.5, 0.6) is 0 Å². The van der Waals surface area contributed by atoms with E-state index in [-0.39, 0.29) is 5.82 Å². The molecule has 0 radical (unpaired) electrons. The fraction of sp³-hybridized carbons (Fsp3) is 0.636. The molecule has 1 aromatic heterocycles. The lowest BCUT2D eigenvalue weighted by Crippen LogP contribution is -2.34. The quantitative estimate of drug-likeness (QED) is 0.597. The number of H-pyrrole nitrogens is 1. The van der Waals surface area contributed by atoms with Gasteiger partial charge in [-0.1, -0.05) is 6.42 Å². The number of hydrogen-bond donors (Lipinski definition) is 2. The smallest absolute Gasteiger partial charge is 0.363 e. The summed E-state index contributed by atoms with van der Waals surface area (Å²) >= 11 is 0. The molecule has 0 aliphatic carbocycles. The van der Waals surface area contributed by atoms with Crippen molar-refractivity contribution in [3.63, 3.8) is 0 Å². The summed E-state index contributed by atoms with van der Waals surface area (Å²) in [5, 5.41) is 13.7. The molecule has 2 heterocycles. The first-order chi connectivity index (χ1) is 9.18. The lowest BCUT2D eigenvalue weighted by Gasteiger charge is -2.26. The van der Waals surface area contributed by atoms with Crippen molar-refractivity contribution in [3.05, 3.63) is 26.8 Å². The van der Waals surface area contributed by atoms with Crippen LogP contribution in [0.4, 0.5) is 11.5 Å². The molecule has 1 saturated heterocycles. The molecule has 2 N–H and O–H groups in total. The van der Waals surface area contributed by atoms with Crippen LogP contribution in [0.2, 0.25) is 0 Å². The summed E-state index contributed by atoms with van der Waals surface area (Å²) in [7, 11) is 0. The van der Waals surface area contributed by atoms with E-state index in [0.29, 0.717) is 6.54 Å². The van der Waals surface area contributed by atoms with Crippen LogP contribution >= 0.6 is 0 Å². The summed E-state index contributed by atoms with van der Waals surface area (Å²) in [6.45, 7) is 3.46. The summed E-state index contributed by atoms with van der Waals surface area (Å²) in [4.78, 5) is 29.8. The summed E-state index contributed by atoms with van der Waals surface area (Å²) in [6.07, 6.45) is 4.83. The van der Waals surface area contributed by atoms with Gasteiger partial charge in [-0.25, -0.2) is 4.98 Å². The maximum absolute atomic E-state index is 11.4. The molecule has 1 aromatic rings. The predicted molar refractivity (Wildman–Crippen MR) is 70.3 cm³/mol. The van der Waals surface area contributed by atoms with Gasteiger partial charge in [0.1, 0.15) is 0 Å². The Morgan fingerprint density at radius 2 is 2.16 bits per heavy atom. The zero-order chi connectivity index (χ0) is 13.7. The van der Waals surface area contributed by atoms with Crippen LogP contribution in [0.3, 0.4) is 0 Å². The zero-order valence-corrected chi connectivity index (χ0v) is 10.6. The number of anilines is 1. The predicted octanol–water partition coefficient (Wildman–Crippen LogP) is 0.576. The van der Waals surface area contributed by atoms with E-state index < -0.39 is 16.2 Å². The molecule has 0 saturated carbocycles. The third-order valence-corrected chi connectivity index (χ3v) is 3.18. The number of nitrogens with zero attached hydrogens (tertiary/aromatic N) is 3. The van der Waals surface area contributed by atoms with Crippen LogP contribution in [0.15, 0.2) is 11.1 Å². The Labute approximate surface area is 110 Å². The second-order valence-corrected chi connectivity index (χ2v) is 4.52. The van der Waals surface area contributed by atoms with E-state index in [0.717, 1.165) is 19.6 Å². The summed E-state index contributed by atoms with van der Waals surface area (Å²) in [5.41, 5.74) is -1.26. The fourth-order valence-corrected chi connectivity index (χ4v) is 2.21. The van der Waals surface area contributed by atoms with Gasteiger partial charge in [0.15, 0.2) is 0 Å². The molecule has 1 aliphatic heterocycles. The van der Waals surface area contributed by atoms with Crippen LogP contribution in [0.25, 0.3) is 0 Å². The molecule has 0 bridgehead atoms. The minimum atomic E-state index is -0.736. The van der Waals surface area contributed by atoms with Crippen molar-refractivity contribution in [2.45, 2.75) is 19.3 Å². The second kappa shape index (κ2) is 6.28. The lowest BCUT2D eigenvalue weighted by molar-refractivity contribution is -0.385. The molecule has 2 rings (SSSR count). The van der Waals surface area contributed by atoms with Crippen LogP contribution < -0.4 is 10.9 Å². The minimum absolute atomic E-state index is 0.0331. The van der Waals surface area contributed by atoms with E-state index in [4.69, 9.17) is 0 Å². The molecule has 0 amide bonds. The van der Waals surface area contributed by atoms with Crippen LogP contribution in [-0.4, -0.2) is 46.0 Å². The number of aromatic nitrogens is 2. The van der Waals surface area contributed by atoms with E-state index in [1.165, 1.54) is 25.6 Å². The standard InChI is InChI=1S/C11H17N5O3/c17-11-9(16(18)19)10(13-8-14-11)12-4-7-15-5-2-1-3-6-15/h8H,1-7H2,(H2,12,13,14,17). The third kappa shape index (κ3) is 3.50. The van der Waals surface area contributed by atoms with Crippen LogP contribution in [-0.2, 0) is 0 Å². The third-order valence-electron chi connectivity index (χ3n) is 3.18. The molecule has 0 unspecified atom stereocenters. The van der Waals surface area contributed by atoms with E-state index in [1.54, 1.807) is 0 Å². The van der Waals surface area contributed by atoms with Crippen molar-refractivity contribution in [1.82, 2.24) is 14.9 Å². The highest BCUT2D eigenvalue weighted by atomic mass is 16.6. The highest BCUT2D eigenvalue weighted by Crippen LogP contribution is 2.14. The van der Waals surface area contributed by atoms with E-state index in [1.807, 2.05) is 0 Å². The average molecular weight is 267 g/mol. The number of likely N-dealkylation sites (tertiary alicyclic amines) is 1. The van der Waals surface area contributed by atoms with Gasteiger partial charge < -0.3 is 15.2 Å². The van der Waals surface area contributed by atoms with Crippen LogP contribution in [0.1, 0.15) is 19.3 Å². The second-order valence-electron chi connectivity index (χ2n) is 4.52. The van der Waals surface area contributed by atoms with Crippen molar-refractivity contribution in [2.24, 2.45) is 0 Å². The maximum atomic E-state index is 11.4. The number of nitrogens with one attached hydrogen (secondary N) is 2. The highest BCUT2D eigenvalue weighted by molar-refractivity contribution is 5.53. The number of hydrogen-bond acceptors (Lipinski definition) is 6. The van der Waals surface area contributed by atoms with Gasteiger partial charge >= 0.3 is 11.2 Å². The Morgan fingerprint density at radius 3 is 2.84 bits per heavy atom. The molecule has 8 heteroatoms. The SMILES string of the molecule is O=c1[nH]cnc(NCCN2CCCCC2)c1[N+](=O)[O-]. The van der Waals surface area contributed by atoms with Gasteiger partial charge in [-0.05, 0) is 25.9 Å². The molecule has 104 valence electrons. The minimum Gasteiger partial charge on any atom is -0.363 e. The van der Waals surface area contributed by atoms with Crippen molar-refractivity contribution >= 4 is 11.5 Å². The molecule has 1 aliphatic rings. The van der Waals surface area contributed by atoms with Gasteiger partial charge in [-0.2, -0.15) is 0 Å². The molecule has 19 heavy (non-hydrogen) atoms. The number of rotatable bonds is 5. The van der Waals surface area contributed by atoms with Gasteiger partial charge in [0.05, 0.1) is 11.3 Å². The van der Waals surface area contributed by atoms with Gasteiger partial charge in [0.2, 0.25) is 5.82 Å². The van der Waals surface area contributed by atoms with Gasteiger partial charge in [-0.3, -0.25) is 14.9 Å². The molecule has 8 nitrogen and oxygen atoms in total. The Kier molecular flexibility index (Phi) is 4.45. The Hall–Kier alpha value is -1.96. The first-order valence-electron chi connectivity index (χ1n) is 6.37. The van der Waals surface area contributed by atoms with Crippen molar-refractivity contribution in [2.75, 3.05) is 31.5 Å². The van der Waals surface area contributed by atoms with Crippen LogP contribution in [0, 0.1) is 10.1 Å². The number of nitro groups is 1. The molecule has 1 fully saturated rings. The molecule has 0 atom stereocenters. The molecule has 0 spiro atoms. The monoisotopic (exact) mass is 267 g/mol. The van der Waals surface area contributed by atoms with E-state index >= 15 is 0 Å². The fourth-order valence-electron chi connectivity index (χ4n) is 2.21. The molecular weight excluding hydrogens is 250 g/mol. The maximum Gasteiger partial charge on any atom is 0.375 e. The van der Waals surface area contributed by atoms with Crippen molar-refractivity contribution < 1.29 is 4.92 Å². The van der Waals surface area contributed by atoms with Crippen molar-refractivity contribution in [1.29, 1.82) is 0 Å². The Balaban J connectivity index is 1.94. The van der Waals surface area contributed by atoms with Gasteiger partial charge in [0, 0.05) is 13.1 Å². The summed E-state index contributed by atoms with van der Waals surface area (Å²) in [6, 6.07) is 0. The number of piperidine rings is 1. The largest absolute Gasteiger partial charge is 0.375 e. The first kappa shape index (κ1) is 13.5. The van der Waals surface area contributed by atoms with Crippen molar-refractivity contribution in [3.8, 4) is 0 Å². The highest BCUT2D eigenvalue weighted by Gasteiger charge is 2.20. The van der Waals surface area contributed by atoms with Gasteiger partial charge in [0.25, 0.3) is 0 Å². The topological polar surface area (TPSA) is 104 Å². The zero-order valence-electron chi connectivity index (χ0n) is 10.6. The average Bonchev–Trinajstić information content (AvgIpc) is 2.39. The van der Waals surface area contributed by atoms with Gasteiger partial charge in [-0.15, -0.1) is 0 Å². The van der Waals surface area contributed by atoms with E-state index in [9.17, 15) is 14.9 Å². The Bertz CT molecular complexity index is 495. The summed E-state index contributed by atoms with van der Waals surface area (Å²) < 4.78 is 0. The van der Waals surface area contributed by atoms with E-state index in [2.05, 4.69) is 20.2 Å². The summed E-state index contributed by atoms with van der Waals surface area (Å²) in [5.74, 6) is 0.0331. The molecule has 0 aromatic carbocycles. The first-order valence-corrected chi connectivity index (χ1v) is 6.37.